The maximum atomic E-state index is 3.28. The Kier molecular flexibility index (Phi) is 1.90. The second-order valence-electron chi connectivity index (χ2n) is 4.16. The number of piperidine rings is 1. The Morgan fingerprint density at radius 1 is 1.45 bits per heavy atom. The molecule has 1 saturated heterocycles. The summed E-state index contributed by atoms with van der Waals surface area (Å²) in [5.41, 5.74) is 0. The molecule has 0 spiro atoms. The molecule has 0 bridgehead atoms. The summed E-state index contributed by atoms with van der Waals surface area (Å²) < 4.78 is 0. The van der Waals surface area contributed by atoms with Gasteiger partial charge in [0.2, 0.25) is 0 Å². The molecule has 0 aromatic heterocycles. The Morgan fingerprint density at radius 2 is 2.09 bits per heavy atom. The van der Waals surface area contributed by atoms with Crippen LogP contribution >= 0.6 is 0 Å². The highest BCUT2D eigenvalue weighted by atomic mass is 15.2. The average molecular weight is 154 g/mol. The first kappa shape index (κ1) is 7.56. The lowest BCUT2D eigenvalue weighted by atomic mass is 10.3. The van der Waals surface area contributed by atoms with E-state index < -0.39 is 0 Å². The van der Waals surface area contributed by atoms with E-state index in [9.17, 15) is 0 Å². The van der Waals surface area contributed by atoms with Gasteiger partial charge in [0.15, 0.2) is 0 Å². The predicted octanol–water partition coefficient (Wildman–Crippen LogP) is 0.546. The summed E-state index contributed by atoms with van der Waals surface area (Å²) >= 11 is 0. The van der Waals surface area contributed by atoms with Gasteiger partial charge in [0, 0.05) is 25.7 Å². The predicted molar refractivity (Wildman–Crippen MR) is 46.6 cm³/mol. The summed E-state index contributed by atoms with van der Waals surface area (Å²) in [6, 6.07) is 0.660. The zero-order valence-corrected chi connectivity index (χ0v) is 7.51. The van der Waals surface area contributed by atoms with Crippen LogP contribution in [0.15, 0.2) is 0 Å². The highest BCUT2D eigenvalue weighted by Gasteiger charge is 2.44. The number of nitrogens with one attached hydrogen (secondary N) is 1. The fourth-order valence-corrected chi connectivity index (χ4v) is 2.12. The molecule has 3 atom stereocenters. The first-order valence-corrected chi connectivity index (χ1v) is 4.69. The van der Waals surface area contributed by atoms with E-state index in [1.54, 1.807) is 0 Å². The van der Waals surface area contributed by atoms with E-state index in [1.165, 1.54) is 26.1 Å². The van der Waals surface area contributed by atoms with Crippen LogP contribution in [0.3, 0.4) is 0 Å². The van der Waals surface area contributed by atoms with Gasteiger partial charge in [-0.15, -0.1) is 0 Å². The van der Waals surface area contributed by atoms with Crippen LogP contribution in [-0.4, -0.2) is 37.6 Å². The molecule has 11 heavy (non-hydrogen) atoms. The molecule has 2 nitrogen and oxygen atoms in total. The minimum absolute atomic E-state index is 0.660. The standard InChI is InChI=1S/C9H18N2/c1-7(10-2)4-11-5-8-3-9(8)6-11/h7-10H,3-6H2,1-2H3. The third-order valence-corrected chi connectivity index (χ3v) is 3.08. The molecule has 2 aliphatic rings. The maximum Gasteiger partial charge on any atom is 0.0163 e. The normalized spacial score (nSPS) is 38.7. The van der Waals surface area contributed by atoms with Gasteiger partial charge in [-0.05, 0) is 32.2 Å². The number of fused-ring (bicyclic) bond motifs is 1. The van der Waals surface area contributed by atoms with Gasteiger partial charge in [-0.2, -0.15) is 0 Å². The summed E-state index contributed by atoms with van der Waals surface area (Å²) in [4.78, 5) is 2.60. The first-order chi connectivity index (χ1) is 5.29. The van der Waals surface area contributed by atoms with Crippen molar-refractivity contribution in [2.24, 2.45) is 11.8 Å². The van der Waals surface area contributed by atoms with Gasteiger partial charge in [0.05, 0.1) is 0 Å². The lowest BCUT2D eigenvalue weighted by molar-refractivity contribution is 0.278. The van der Waals surface area contributed by atoms with Crippen LogP contribution < -0.4 is 5.32 Å². The molecule has 2 heteroatoms. The van der Waals surface area contributed by atoms with E-state index >= 15 is 0 Å². The Labute approximate surface area is 69.0 Å². The Balaban J connectivity index is 1.71. The van der Waals surface area contributed by atoms with Gasteiger partial charge in [-0.1, -0.05) is 0 Å². The number of hydrogen-bond donors (Lipinski definition) is 1. The smallest absolute Gasteiger partial charge is 0.0163 e. The molecule has 64 valence electrons. The molecule has 1 N–H and O–H groups in total. The number of likely N-dealkylation sites (tertiary alicyclic amines) is 1. The van der Waals surface area contributed by atoms with Crippen molar-refractivity contribution in [3.8, 4) is 0 Å². The molecule has 1 saturated carbocycles. The van der Waals surface area contributed by atoms with E-state index in [-0.39, 0.29) is 0 Å². The number of rotatable bonds is 3. The van der Waals surface area contributed by atoms with Crippen molar-refractivity contribution < 1.29 is 0 Å². The van der Waals surface area contributed by atoms with Gasteiger partial charge in [-0.25, -0.2) is 0 Å². The highest BCUT2D eigenvalue weighted by Crippen LogP contribution is 2.44. The second kappa shape index (κ2) is 2.76. The molecule has 2 fully saturated rings. The summed E-state index contributed by atoms with van der Waals surface area (Å²) in [5, 5.41) is 3.28. The zero-order chi connectivity index (χ0) is 7.84. The molecule has 0 aromatic carbocycles. The molecular weight excluding hydrogens is 136 g/mol. The topological polar surface area (TPSA) is 15.3 Å². The largest absolute Gasteiger partial charge is 0.316 e. The zero-order valence-electron chi connectivity index (χ0n) is 7.51. The minimum Gasteiger partial charge on any atom is -0.316 e. The monoisotopic (exact) mass is 154 g/mol. The van der Waals surface area contributed by atoms with Gasteiger partial charge in [0.1, 0.15) is 0 Å². The van der Waals surface area contributed by atoms with Crippen molar-refractivity contribution in [2.75, 3.05) is 26.7 Å². The van der Waals surface area contributed by atoms with Crippen LogP contribution in [0.5, 0.6) is 0 Å². The molecule has 1 aliphatic heterocycles. The van der Waals surface area contributed by atoms with Gasteiger partial charge >= 0.3 is 0 Å². The van der Waals surface area contributed by atoms with E-state index in [0.29, 0.717) is 6.04 Å². The van der Waals surface area contributed by atoms with Gasteiger partial charge in [0.25, 0.3) is 0 Å². The lowest BCUT2D eigenvalue weighted by Crippen LogP contribution is -2.37. The quantitative estimate of drug-likeness (QED) is 0.638. The fraction of sp³-hybridized carbons (Fsp3) is 1.00. The molecule has 3 unspecified atom stereocenters. The minimum atomic E-state index is 0.660. The van der Waals surface area contributed by atoms with Crippen molar-refractivity contribution in [3.05, 3.63) is 0 Å². The van der Waals surface area contributed by atoms with Crippen LogP contribution in [-0.2, 0) is 0 Å². The van der Waals surface area contributed by atoms with E-state index in [2.05, 4.69) is 17.1 Å². The van der Waals surface area contributed by atoms with Crippen molar-refractivity contribution in [1.29, 1.82) is 0 Å². The molecule has 1 heterocycles. The molecular formula is C9H18N2. The van der Waals surface area contributed by atoms with Crippen LogP contribution in [0.4, 0.5) is 0 Å². The number of hydrogen-bond acceptors (Lipinski definition) is 2. The van der Waals surface area contributed by atoms with Crippen LogP contribution in [0.25, 0.3) is 0 Å². The Morgan fingerprint density at radius 3 is 2.64 bits per heavy atom. The summed E-state index contributed by atoms with van der Waals surface area (Å²) in [5.74, 6) is 2.16. The van der Waals surface area contributed by atoms with Gasteiger partial charge in [-0.3, -0.25) is 0 Å². The molecule has 0 radical (unpaired) electrons. The second-order valence-corrected chi connectivity index (χ2v) is 4.16. The molecule has 1 aliphatic carbocycles. The highest BCUT2D eigenvalue weighted by molar-refractivity contribution is 4.97. The summed E-state index contributed by atoms with van der Waals surface area (Å²) in [6.07, 6.45) is 1.52. The molecule has 0 amide bonds. The Hall–Kier alpha value is -0.0800. The van der Waals surface area contributed by atoms with E-state index in [4.69, 9.17) is 0 Å². The maximum absolute atomic E-state index is 3.28. The third-order valence-electron chi connectivity index (χ3n) is 3.08. The van der Waals surface area contributed by atoms with Crippen molar-refractivity contribution in [1.82, 2.24) is 10.2 Å². The van der Waals surface area contributed by atoms with Gasteiger partial charge < -0.3 is 10.2 Å². The first-order valence-electron chi connectivity index (χ1n) is 4.69. The average Bonchev–Trinajstić information content (AvgIpc) is 2.60. The summed E-state index contributed by atoms with van der Waals surface area (Å²) in [7, 11) is 2.04. The SMILES string of the molecule is CNC(C)CN1CC2CC2C1. The van der Waals surface area contributed by atoms with Crippen molar-refractivity contribution >= 4 is 0 Å². The summed E-state index contributed by atoms with van der Waals surface area (Å²) in [6.45, 7) is 6.24. The Bertz CT molecular complexity index is 136. The van der Waals surface area contributed by atoms with E-state index in [1.807, 2.05) is 7.05 Å². The van der Waals surface area contributed by atoms with Crippen LogP contribution in [0, 0.1) is 11.8 Å². The molecule has 0 aromatic rings. The lowest BCUT2D eigenvalue weighted by Gasteiger charge is -2.21. The fourth-order valence-electron chi connectivity index (χ4n) is 2.12. The van der Waals surface area contributed by atoms with Crippen molar-refractivity contribution in [2.45, 2.75) is 19.4 Å². The number of nitrogens with zero attached hydrogens (tertiary/aromatic N) is 1. The third kappa shape index (κ3) is 1.57. The van der Waals surface area contributed by atoms with Crippen molar-refractivity contribution in [3.63, 3.8) is 0 Å². The van der Waals surface area contributed by atoms with E-state index in [0.717, 1.165) is 11.8 Å². The molecule has 2 rings (SSSR count). The van der Waals surface area contributed by atoms with Crippen LogP contribution in [0.1, 0.15) is 13.3 Å². The number of likely N-dealkylation sites (N-methyl/N-ethyl adjacent to an activating group) is 1. The van der Waals surface area contributed by atoms with Crippen LogP contribution in [0.2, 0.25) is 0 Å².